The Balaban J connectivity index is 1.95. The number of pyridine rings is 1. The van der Waals surface area contributed by atoms with E-state index in [1.165, 1.54) is 10.7 Å². The number of benzene rings is 1. The molecule has 0 radical (unpaired) electrons. The molecule has 0 N–H and O–H groups in total. The monoisotopic (exact) mass is 308 g/mol. The maximum Gasteiger partial charge on any atom is 0.291 e. The first kappa shape index (κ1) is 13.6. The number of hydrogen-bond donors (Lipinski definition) is 0. The van der Waals surface area contributed by atoms with Gasteiger partial charge in [-0.3, -0.25) is 4.79 Å². The average Bonchev–Trinajstić information content (AvgIpc) is 2.86. The van der Waals surface area contributed by atoms with Crippen molar-refractivity contribution in [3.05, 3.63) is 70.5 Å². The smallest absolute Gasteiger partial charge is 0.291 e. The van der Waals surface area contributed by atoms with Crippen molar-refractivity contribution in [2.75, 3.05) is 0 Å². The van der Waals surface area contributed by atoms with Crippen LogP contribution in [0.5, 0.6) is 0 Å². The molecule has 0 unspecified atom stereocenters. The van der Waals surface area contributed by atoms with Gasteiger partial charge in [-0.15, -0.1) is 0 Å². The molecule has 4 aromatic rings. The fraction of sp³-hybridized carbons (Fsp3) is 0.118. The first-order valence-electron chi connectivity index (χ1n) is 7.19. The first-order valence-corrected chi connectivity index (χ1v) is 7.19. The van der Waals surface area contributed by atoms with Crippen LogP contribution in [-0.4, -0.2) is 19.3 Å². The molecule has 0 aliphatic heterocycles. The lowest BCUT2D eigenvalue weighted by atomic mass is 10.2. The lowest BCUT2D eigenvalue weighted by Crippen LogP contribution is -2.24. The molecule has 0 atom stereocenters. The van der Waals surface area contributed by atoms with Crippen LogP contribution in [0.25, 0.3) is 21.9 Å². The Bertz CT molecular complexity index is 1100. The van der Waals surface area contributed by atoms with Gasteiger partial charge in [0, 0.05) is 29.6 Å². The van der Waals surface area contributed by atoms with E-state index in [4.69, 9.17) is 0 Å². The molecule has 0 saturated heterocycles. The van der Waals surface area contributed by atoms with Gasteiger partial charge in [-0.25, -0.2) is 14.1 Å². The van der Waals surface area contributed by atoms with Gasteiger partial charge in [-0.05, 0) is 18.2 Å². The normalized spacial score (nSPS) is 11.4. The van der Waals surface area contributed by atoms with E-state index < -0.39 is 0 Å². The van der Waals surface area contributed by atoms with Crippen molar-refractivity contribution >= 4 is 21.9 Å². The van der Waals surface area contributed by atoms with Crippen LogP contribution < -0.4 is 5.56 Å². The van der Waals surface area contributed by atoms with E-state index in [2.05, 4.69) is 10.1 Å². The Morgan fingerprint density at radius 2 is 1.96 bits per heavy atom. The fourth-order valence-electron chi connectivity index (χ4n) is 2.88. The van der Waals surface area contributed by atoms with E-state index in [1.54, 1.807) is 42.2 Å². The number of nitrogens with zero attached hydrogens (tertiary/aromatic N) is 4. The van der Waals surface area contributed by atoms with Crippen molar-refractivity contribution in [1.29, 1.82) is 0 Å². The highest BCUT2D eigenvalue weighted by Gasteiger charge is 2.15. The van der Waals surface area contributed by atoms with Gasteiger partial charge in [-0.1, -0.05) is 18.2 Å². The molecule has 4 rings (SSSR count). The first-order chi connectivity index (χ1) is 11.2. The largest absolute Gasteiger partial charge is 0.324 e. The van der Waals surface area contributed by atoms with Gasteiger partial charge in [0.25, 0.3) is 5.56 Å². The molecule has 23 heavy (non-hydrogen) atoms. The summed E-state index contributed by atoms with van der Waals surface area (Å²) in [7, 11) is 1.80. The van der Waals surface area contributed by atoms with Crippen LogP contribution in [0.15, 0.2) is 53.6 Å². The van der Waals surface area contributed by atoms with Crippen molar-refractivity contribution in [1.82, 2.24) is 19.3 Å². The van der Waals surface area contributed by atoms with Crippen LogP contribution in [0.4, 0.5) is 4.39 Å². The average molecular weight is 308 g/mol. The Morgan fingerprint density at radius 3 is 2.78 bits per heavy atom. The molecule has 0 bridgehead atoms. The molecule has 114 valence electrons. The third-order valence-electron chi connectivity index (χ3n) is 4.03. The third-order valence-corrected chi connectivity index (χ3v) is 4.03. The third kappa shape index (κ3) is 2.03. The molecule has 0 amide bonds. The molecule has 0 fully saturated rings. The van der Waals surface area contributed by atoms with Gasteiger partial charge in [0.2, 0.25) is 0 Å². The lowest BCUT2D eigenvalue weighted by molar-refractivity contribution is 0.574. The quantitative estimate of drug-likeness (QED) is 0.571. The van der Waals surface area contributed by atoms with Gasteiger partial charge < -0.3 is 4.57 Å². The molecule has 6 heteroatoms. The highest BCUT2D eigenvalue weighted by molar-refractivity contribution is 6.05. The van der Waals surface area contributed by atoms with E-state index >= 15 is 0 Å². The summed E-state index contributed by atoms with van der Waals surface area (Å²) < 4.78 is 16.8. The van der Waals surface area contributed by atoms with E-state index in [0.717, 1.165) is 16.4 Å². The molecule has 0 saturated carbocycles. The summed E-state index contributed by atoms with van der Waals surface area (Å²) in [4.78, 5) is 17.1. The number of rotatable bonds is 2. The van der Waals surface area contributed by atoms with E-state index in [1.807, 2.05) is 12.1 Å². The van der Waals surface area contributed by atoms with Crippen LogP contribution in [0.3, 0.4) is 0 Å². The SMILES string of the molecule is Cn1c2ncccc2c2cnn(Cc3ccccc3F)c(=O)c21. The number of aryl methyl sites for hydroxylation is 1. The minimum atomic E-state index is -0.347. The number of aromatic nitrogens is 4. The summed E-state index contributed by atoms with van der Waals surface area (Å²) in [6, 6.07) is 10.1. The zero-order valence-electron chi connectivity index (χ0n) is 12.4. The molecular formula is C17H13FN4O. The molecular weight excluding hydrogens is 295 g/mol. The Kier molecular flexibility index (Phi) is 2.97. The molecule has 0 aliphatic carbocycles. The minimum absolute atomic E-state index is 0.0937. The van der Waals surface area contributed by atoms with E-state index in [9.17, 15) is 9.18 Å². The van der Waals surface area contributed by atoms with Gasteiger partial charge in [-0.2, -0.15) is 5.10 Å². The summed E-state index contributed by atoms with van der Waals surface area (Å²) in [5, 5.41) is 5.84. The van der Waals surface area contributed by atoms with Crippen LogP contribution >= 0.6 is 0 Å². The van der Waals surface area contributed by atoms with Crippen molar-refractivity contribution in [3.8, 4) is 0 Å². The molecule has 3 aromatic heterocycles. The van der Waals surface area contributed by atoms with Crippen molar-refractivity contribution in [2.45, 2.75) is 6.54 Å². The Labute approximate surface area is 130 Å². The molecule has 3 heterocycles. The number of hydrogen-bond acceptors (Lipinski definition) is 3. The van der Waals surface area contributed by atoms with Crippen LogP contribution in [-0.2, 0) is 13.6 Å². The summed E-state index contributed by atoms with van der Waals surface area (Å²) in [6.45, 7) is 0.0937. The Morgan fingerprint density at radius 1 is 1.13 bits per heavy atom. The van der Waals surface area contributed by atoms with Gasteiger partial charge in [0.05, 0.1) is 12.7 Å². The fourth-order valence-corrected chi connectivity index (χ4v) is 2.88. The van der Waals surface area contributed by atoms with E-state index in [-0.39, 0.29) is 17.9 Å². The lowest BCUT2D eigenvalue weighted by Gasteiger charge is -2.06. The standard InChI is InChI=1S/C17H13FN4O/c1-21-15-13(12-6-4-8-19-16(12)21)9-20-22(17(15)23)10-11-5-2-3-7-14(11)18/h2-9H,10H2,1H3. The zero-order chi connectivity index (χ0) is 16.0. The summed E-state index contributed by atoms with van der Waals surface area (Å²) in [6.07, 6.45) is 3.33. The molecule has 0 spiro atoms. The van der Waals surface area contributed by atoms with Crippen molar-refractivity contribution in [2.24, 2.45) is 7.05 Å². The van der Waals surface area contributed by atoms with Gasteiger partial charge >= 0.3 is 0 Å². The van der Waals surface area contributed by atoms with Crippen LogP contribution in [0.2, 0.25) is 0 Å². The van der Waals surface area contributed by atoms with Crippen LogP contribution in [0.1, 0.15) is 5.56 Å². The summed E-state index contributed by atoms with van der Waals surface area (Å²) >= 11 is 0. The second-order valence-electron chi connectivity index (χ2n) is 5.39. The maximum atomic E-state index is 13.8. The molecule has 1 aromatic carbocycles. The zero-order valence-corrected chi connectivity index (χ0v) is 12.4. The number of fused-ring (bicyclic) bond motifs is 3. The Hall–Kier alpha value is -3.02. The second kappa shape index (κ2) is 5.01. The predicted octanol–water partition coefficient (Wildman–Crippen LogP) is 2.47. The predicted molar refractivity (Wildman–Crippen MR) is 85.8 cm³/mol. The summed E-state index contributed by atoms with van der Waals surface area (Å²) in [5.74, 6) is -0.347. The molecule has 0 aliphatic rings. The van der Waals surface area contributed by atoms with Crippen molar-refractivity contribution < 1.29 is 4.39 Å². The second-order valence-corrected chi connectivity index (χ2v) is 5.39. The maximum absolute atomic E-state index is 13.8. The van der Waals surface area contributed by atoms with Gasteiger partial charge in [0.15, 0.2) is 0 Å². The topological polar surface area (TPSA) is 52.7 Å². The summed E-state index contributed by atoms with van der Waals surface area (Å²) in [5.41, 5.74) is 1.42. The number of halogens is 1. The highest BCUT2D eigenvalue weighted by atomic mass is 19.1. The van der Waals surface area contributed by atoms with Crippen LogP contribution in [0, 0.1) is 5.82 Å². The van der Waals surface area contributed by atoms with Crippen molar-refractivity contribution in [3.63, 3.8) is 0 Å². The van der Waals surface area contributed by atoms with E-state index in [0.29, 0.717) is 11.1 Å². The highest BCUT2D eigenvalue weighted by Crippen LogP contribution is 2.23. The molecule has 5 nitrogen and oxygen atoms in total. The minimum Gasteiger partial charge on any atom is -0.324 e. The van der Waals surface area contributed by atoms with Gasteiger partial charge in [0.1, 0.15) is 17.0 Å².